The molecule has 0 aliphatic rings. The number of unbranched alkanes of at least 4 members (excludes halogenated alkanes) is 1. The molecule has 0 aliphatic carbocycles. The van der Waals surface area contributed by atoms with Crippen LogP contribution in [0.3, 0.4) is 0 Å². The molecule has 90 valence electrons. The summed E-state index contributed by atoms with van der Waals surface area (Å²) in [6.07, 6.45) is 1.60. The highest BCUT2D eigenvalue weighted by molar-refractivity contribution is 7.88. The molecule has 0 unspecified atom stereocenters. The van der Waals surface area contributed by atoms with Gasteiger partial charge >= 0.3 is 0 Å². The van der Waals surface area contributed by atoms with E-state index in [-0.39, 0.29) is 5.75 Å². The smallest absolute Gasteiger partial charge is 0.215 e. The minimum atomic E-state index is -3.21. The Morgan fingerprint density at radius 1 is 1.12 bits per heavy atom. The summed E-state index contributed by atoms with van der Waals surface area (Å²) >= 11 is 5.50. The molecule has 1 aromatic carbocycles. The average Bonchev–Trinajstić information content (AvgIpc) is 2.25. The lowest BCUT2D eigenvalue weighted by atomic mass is 10.2. The van der Waals surface area contributed by atoms with E-state index in [1.165, 1.54) is 0 Å². The van der Waals surface area contributed by atoms with Gasteiger partial charge in [0.1, 0.15) is 0 Å². The summed E-state index contributed by atoms with van der Waals surface area (Å²) in [5.74, 6) is 0.606. The fourth-order valence-electron chi connectivity index (χ4n) is 1.29. The van der Waals surface area contributed by atoms with E-state index in [0.717, 1.165) is 18.4 Å². The number of halogens is 1. The molecule has 1 rings (SSSR count). The number of hydrogen-bond acceptors (Lipinski definition) is 2. The third-order valence-electron chi connectivity index (χ3n) is 2.08. The number of alkyl halides is 1. The van der Waals surface area contributed by atoms with Crippen LogP contribution < -0.4 is 4.72 Å². The highest BCUT2D eigenvalue weighted by atomic mass is 35.5. The van der Waals surface area contributed by atoms with Crippen molar-refractivity contribution in [3.8, 4) is 0 Å². The van der Waals surface area contributed by atoms with Gasteiger partial charge in [-0.3, -0.25) is 0 Å². The van der Waals surface area contributed by atoms with Crippen molar-refractivity contribution in [2.24, 2.45) is 0 Å². The van der Waals surface area contributed by atoms with Gasteiger partial charge in [0, 0.05) is 12.4 Å². The monoisotopic (exact) mass is 261 g/mol. The maximum atomic E-state index is 11.6. The quantitative estimate of drug-likeness (QED) is 0.604. The van der Waals surface area contributed by atoms with Crippen molar-refractivity contribution in [1.29, 1.82) is 0 Å². The molecule has 1 aromatic rings. The molecule has 0 saturated carbocycles. The number of rotatable bonds is 7. The van der Waals surface area contributed by atoms with Crippen molar-refractivity contribution in [1.82, 2.24) is 4.72 Å². The summed E-state index contributed by atoms with van der Waals surface area (Å²) in [6, 6.07) is 9.14. The highest BCUT2D eigenvalue weighted by Gasteiger charge is 2.09. The second kappa shape index (κ2) is 6.89. The number of nitrogens with one attached hydrogen (secondary N) is 1. The zero-order valence-electron chi connectivity index (χ0n) is 9.02. The fraction of sp³-hybridized carbons (Fsp3) is 0.455. The van der Waals surface area contributed by atoms with Gasteiger partial charge in [-0.15, -0.1) is 11.6 Å². The van der Waals surface area contributed by atoms with Crippen LogP contribution in [0.2, 0.25) is 0 Å². The van der Waals surface area contributed by atoms with Crippen LogP contribution in [0.5, 0.6) is 0 Å². The maximum absolute atomic E-state index is 11.6. The van der Waals surface area contributed by atoms with Crippen molar-refractivity contribution < 1.29 is 8.42 Å². The molecule has 16 heavy (non-hydrogen) atoms. The van der Waals surface area contributed by atoms with E-state index in [0.29, 0.717) is 12.4 Å². The van der Waals surface area contributed by atoms with E-state index >= 15 is 0 Å². The Morgan fingerprint density at radius 2 is 1.81 bits per heavy atom. The Hall–Kier alpha value is -0.580. The molecule has 0 aliphatic heterocycles. The average molecular weight is 262 g/mol. The topological polar surface area (TPSA) is 46.2 Å². The molecule has 0 atom stereocenters. The van der Waals surface area contributed by atoms with Gasteiger partial charge in [-0.2, -0.15) is 0 Å². The molecule has 0 heterocycles. The number of benzene rings is 1. The van der Waals surface area contributed by atoms with Gasteiger partial charge in [-0.25, -0.2) is 13.1 Å². The van der Waals surface area contributed by atoms with Crippen LogP contribution in [0.1, 0.15) is 18.4 Å². The van der Waals surface area contributed by atoms with Gasteiger partial charge in [0.25, 0.3) is 0 Å². The second-order valence-electron chi connectivity index (χ2n) is 3.54. The summed E-state index contributed by atoms with van der Waals surface area (Å²) in [5.41, 5.74) is 0.798. The minimum absolute atomic E-state index is 0.0364. The predicted molar refractivity (Wildman–Crippen MR) is 67.0 cm³/mol. The normalized spacial score (nSPS) is 11.6. The van der Waals surface area contributed by atoms with Gasteiger partial charge in [-0.1, -0.05) is 30.3 Å². The molecule has 0 bridgehead atoms. The van der Waals surface area contributed by atoms with E-state index in [2.05, 4.69) is 4.72 Å². The Labute approximate surface area is 102 Å². The number of hydrogen-bond donors (Lipinski definition) is 1. The van der Waals surface area contributed by atoms with E-state index in [9.17, 15) is 8.42 Å². The Morgan fingerprint density at radius 3 is 2.44 bits per heavy atom. The van der Waals surface area contributed by atoms with Crippen molar-refractivity contribution >= 4 is 21.6 Å². The molecule has 3 nitrogen and oxygen atoms in total. The first-order valence-electron chi connectivity index (χ1n) is 5.21. The minimum Gasteiger partial charge on any atom is -0.215 e. The third kappa shape index (κ3) is 5.49. The van der Waals surface area contributed by atoms with Gasteiger partial charge in [0.2, 0.25) is 10.0 Å². The van der Waals surface area contributed by atoms with Crippen molar-refractivity contribution in [2.75, 3.05) is 12.4 Å². The Balaban J connectivity index is 2.40. The van der Waals surface area contributed by atoms with Crippen LogP contribution >= 0.6 is 11.6 Å². The van der Waals surface area contributed by atoms with Gasteiger partial charge in [0.05, 0.1) is 5.75 Å². The standard InChI is InChI=1S/C11H16ClNO2S/c12-8-4-5-9-13-16(14,15)10-11-6-2-1-3-7-11/h1-3,6-7,13H,4-5,8-10H2. The molecular weight excluding hydrogens is 246 g/mol. The maximum Gasteiger partial charge on any atom is 0.215 e. The first kappa shape index (κ1) is 13.5. The predicted octanol–water partition coefficient (Wildman–Crippen LogP) is 2.12. The first-order valence-corrected chi connectivity index (χ1v) is 7.40. The van der Waals surface area contributed by atoms with Crippen molar-refractivity contribution in [2.45, 2.75) is 18.6 Å². The third-order valence-corrected chi connectivity index (χ3v) is 3.71. The zero-order chi connectivity index (χ0) is 11.9. The molecule has 0 spiro atoms. The van der Waals surface area contributed by atoms with Gasteiger partial charge < -0.3 is 0 Å². The lowest BCUT2D eigenvalue weighted by Crippen LogP contribution is -2.26. The van der Waals surface area contributed by atoms with E-state index in [1.807, 2.05) is 18.2 Å². The summed E-state index contributed by atoms with van der Waals surface area (Å²) in [4.78, 5) is 0. The lowest BCUT2D eigenvalue weighted by Gasteiger charge is -2.05. The van der Waals surface area contributed by atoms with Gasteiger partial charge in [0.15, 0.2) is 0 Å². The Bertz CT molecular complexity index is 392. The molecule has 0 fully saturated rings. The molecule has 0 saturated heterocycles. The summed E-state index contributed by atoms with van der Waals surface area (Å²) in [5, 5.41) is 0. The second-order valence-corrected chi connectivity index (χ2v) is 5.72. The van der Waals surface area contributed by atoms with Crippen LogP contribution in [0, 0.1) is 0 Å². The van der Waals surface area contributed by atoms with E-state index < -0.39 is 10.0 Å². The molecular formula is C11H16ClNO2S. The van der Waals surface area contributed by atoms with E-state index in [1.54, 1.807) is 12.1 Å². The zero-order valence-corrected chi connectivity index (χ0v) is 10.6. The summed E-state index contributed by atoms with van der Waals surface area (Å²) < 4.78 is 25.8. The van der Waals surface area contributed by atoms with Crippen LogP contribution in [0.4, 0.5) is 0 Å². The first-order chi connectivity index (χ1) is 7.64. The summed E-state index contributed by atoms with van der Waals surface area (Å²) in [6.45, 7) is 0.460. The SMILES string of the molecule is O=S(=O)(Cc1ccccc1)NCCCCCl. The summed E-state index contributed by atoms with van der Waals surface area (Å²) in [7, 11) is -3.21. The van der Waals surface area contributed by atoms with Gasteiger partial charge in [-0.05, 0) is 18.4 Å². The molecule has 5 heteroatoms. The van der Waals surface area contributed by atoms with Crippen LogP contribution in [-0.4, -0.2) is 20.8 Å². The largest absolute Gasteiger partial charge is 0.215 e. The van der Waals surface area contributed by atoms with Crippen molar-refractivity contribution in [3.63, 3.8) is 0 Å². The Kier molecular flexibility index (Phi) is 5.80. The molecule has 0 amide bonds. The van der Waals surface area contributed by atoms with Crippen LogP contribution in [0.25, 0.3) is 0 Å². The lowest BCUT2D eigenvalue weighted by molar-refractivity contribution is 0.577. The fourth-order valence-corrected chi connectivity index (χ4v) is 2.67. The number of sulfonamides is 1. The molecule has 0 aromatic heterocycles. The van der Waals surface area contributed by atoms with E-state index in [4.69, 9.17) is 11.6 Å². The van der Waals surface area contributed by atoms with Crippen LogP contribution in [0.15, 0.2) is 30.3 Å². The molecule has 0 radical (unpaired) electrons. The highest BCUT2D eigenvalue weighted by Crippen LogP contribution is 2.04. The van der Waals surface area contributed by atoms with Crippen LogP contribution in [-0.2, 0) is 15.8 Å². The van der Waals surface area contributed by atoms with Crippen molar-refractivity contribution in [3.05, 3.63) is 35.9 Å². The molecule has 1 N–H and O–H groups in total.